The standard InChI is InChI=1S/C24H17ClN4O2/c25-20-14-27-29(15-20)22-9-7-21(8-10-22)28-24(30)17-5-11-23(12-6-17)31-16-19-4-2-1-3-18(19)13-26/h1-12,14-15H,16H2,(H,28,30). The first kappa shape index (κ1) is 20.2. The number of ether oxygens (including phenoxy) is 1. The minimum atomic E-state index is -0.226. The first-order chi connectivity index (χ1) is 15.1. The van der Waals surface area contributed by atoms with E-state index < -0.39 is 0 Å². The fourth-order valence-electron chi connectivity index (χ4n) is 2.96. The SMILES string of the molecule is N#Cc1ccccc1COc1ccc(C(=O)Nc2ccc(-n3cc(Cl)cn3)cc2)cc1. The average molecular weight is 429 g/mol. The maximum absolute atomic E-state index is 12.5. The molecular weight excluding hydrogens is 412 g/mol. The predicted molar refractivity (Wildman–Crippen MR) is 118 cm³/mol. The second-order valence-corrected chi connectivity index (χ2v) is 7.12. The number of nitrogens with one attached hydrogen (secondary N) is 1. The molecule has 0 saturated carbocycles. The highest BCUT2D eigenvalue weighted by molar-refractivity contribution is 6.30. The van der Waals surface area contributed by atoms with Crippen LogP contribution in [0.1, 0.15) is 21.5 Å². The van der Waals surface area contributed by atoms with E-state index in [1.165, 1.54) is 0 Å². The minimum absolute atomic E-state index is 0.226. The van der Waals surface area contributed by atoms with E-state index in [1.807, 2.05) is 30.3 Å². The first-order valence-corrected chi connectivity index (χ1v) is 9.83. The van der Waals surface area contributed by atoms with E-state index >= 15 is 0 Å². The molecule has 31 heavy (non-hydrogen) atoms. The Bertz CT molecular complexity index is 1240. The van der Waals surface area contributed by atoms with E-state index in [4.69, 9.17) is 21.6 Å². The van der Waals surface area contributed by atoms with Crippen molar-refractivity contribution in [2.45, 2.75) is 6.61 Å². The van der Waals surface area contributed by atoms with Gasteiger partial charge in [0.15, 0.2) is 0 Å². The zero-order valence-electron chi connectivity index (χ0n) is 16.3. The lowest BCUT2D eigenvalue weighted by molar-refractivity contribution is 0.102. The topological polar surface area (TPSA) is 79.9 Å². The van der Waals surface area contributed by atoms with Gasteiger partial charge >= 0.3 is 0 Å². The fourth-order valence-corrected chi connectivity index (χ4v) is 3.10. The molecule has 3 aromatic carbocycles. The molecule has 0 aliphatic carbocycles. The van der Waals surface area contributed by atoms with Gasteiger partial charge in [-0.3, -0.25) is 4.79 Å². The molecule has 0 aliphatic heterocycles. The van der Waals surface area contributed by atoms with Gasteiger partial charge in [0.25, 0.3) is 5.91 Å². The number of carbonyl (C=O) groups excluding carboxylic acids is 1. The van der Waals surface area contributed by atoms with Crippen LogP contribution in [0.15, 0.2) is 85.2 Å². The lowest BCUT2D eigenvalue weighted by Crippen LogP contribution is -2.11. The molecule has 1 aromatic heterocycles. The van der Waals surface area contributed by atoms with Crippen LogP contribution in [0.3, 0.4) is 0 Å². The van der Waals surface area contributed by atoms with Crippen LogP contribution in [0.4, 0.5) is 5.69 Å². The predicted octanol–water partition coefficient (Wildman–Crippen LogP) is 5.23. The molecule has 7 heteroatoms. The van der Waals surface area contributed by atoms with Gasteiger partial charge < -0.3 is 10.1 Å². The number of amides is 1. The summed E-state index contributed by atoms with van der Waals surface area (Å²) in [5.74, 6) is 0.391. The molecule has 0 aliphatic rings. The van der Waals surface area contributed by atoms with Crippen LogP contribution in [-0.2, 0) is 6.61 Å². The third kappa shape index (κ3) is 4.92. The maximum atomic E-state index is 12.5. The molecule has 6 nitrogen and oxygen atoms in total. The normalized spacial score (nSPS) is 10.3. The molecular formula is C24H17ClN4O2. The van der Waals surface area contributed by atoms with Crippen molar-refractivity contribution in [3.63, 3.8) is 0 Å². The van der Waals surface area contributed by atoms with Gasteiger partial charge in [-0.25, -0.2) is 4.68 Å². The molecule has 0 spiro atoms. The monoisotopic (exact) mass is 428 g/mol. The summed E-state index contributed by atoms with van der Waals surface area (Å²) in [4.78, 5) is 12.5. The fraction of sp³-hybridized carbons (Fsp3) is 0.0417. The van der Waals surface area contributed by atoms with E-state index in [1.54, 1.807) is 59.5 Å². The molecule has 0 radical (unpaired) electrons. The lowest BCUT2D eigenvalue weighted by atomic mass is 10.1. The summed E-state index contributed by atoms with van der Waals surface area (Å²) in [5.41, 5.74) is 3.41. The molecule has 0 unspecified atom stereocenters. The average Bonchev–Trinajstić information content (AvgIpc) is 3.25. The molecule has 4 rings (SSSR count). The number of rotatable bonds is 6. The highest BCUT2D eigenvalue weighted by Crippen LogP contribution is 2.18. The Morgan fingerprint density at radius 2 is 1.81 bits per heavy atom. The van der Waals surface area contributed by atoms with Crippen LogP contribution < -0.4 is 10.1 Å². The molecule has 1 heterocycles. The Morgan fingerprint density at radius 3 is 2.48 bits per heavy atom. The lowest BCUT2D eigenvalue weighted by Gasteiger charge is -2.09. The van der Waals surface area contributed by atoms with Gasteiger partial charge in [-0.15, -0.1) is 0 Å². The van der Waals surface area contributed by atoms with Gasteiger partial charge in [0.2, 0.25) is 0 Å². The maximum Gasteiger partial charge on any atom is 0.255 e. The summed E-state index contributed by atoms with van der Waals surface area (Å²) >= 11 is 5.89. The van der Waals surface area contributed by atoms with Crippen LogP contribution in [0.2, 0.25) is 5.02 Å². The van der Waals surface area contributed by atoms with Crippen molar-refractivity contribution in [3.8, 4) is 17.5 Å². The molecule has 1 amide bonds. The van der Waals surface area contributed by atoms with E-state index in [9.17, 15) is 4.79 Å². The number of carbonyl (C=O) groups is 1. The Morgan fingerprint density at radius 1 is 1.06 bits per heavy atom. The molecule has 4 aromatic rings. The quantitative estimate of drug-likeness (QED) is 0.456. The van der Waals surface area contributed by atoms with E-state index in [-0.39, 0.29) is 12.5 Å². The van der Waals surface area contributed by atoms with Gasteiger partial charge in [0.05, 0.1) is 28.5 Å². The van der Waals surface area contributed by atoms with Crippen LogP contribution in [-0.4, -0.2) is 15.7 Å². The third-order valence-electron chi connectivity index (χ3n) is 4.59. The Labute approximate surface area is 184 Å². The Balaban J connectivity index is 1.36. The first-order valence-electron chi connectivity index (χ1n) is 9.45. The number of nitriles is 1. The van der Waals surface area contributed by atoms with Gasteiger partial charge in [-0.2, -0.15) is 10.4 Å². The summed E-state index contributed by atoms with van der Waals surface area (Å²) in [6.07, 6.45) is 3.27. The van der Waals surface area contributed by atoms with Gasteiger partial charge in [-0.1, -0.05) is 29.8 Å². The molecule has 0 bridgehead atoms. The van der Waals surface area contributed by atoms with Crippen molar-refractivity contribution in [3.05, 3.63) is 107 Å². The summed E-state index contributed by atoms with van der Waals surface area (Å²) in [6.45, 7) is 0.281. The van der Waals surface area contributed by atoms with Crippen LogP contribution in [0.5, 0.6) is 5.75 Å². The molecule has 0 atom stereocenters. The van der Waals surface area contributed by atoms with E-state index in [0.717, 1.165) is 11.3 Å². The number of hydrogen-bond acceptors (Lipinski definition) is 4. The Kier molecular flexibility index (Phi) is 5.97. The van der Waals surface area contributed by atoms with Crippen molar-refractivity contribution in [2.75, 3.05) is 5.32 Å². The number of halogens is 1. The largest absolute Gasteiger partial charge is 0.489 e. The van der Waals surface area contributed by atoms with Crippen LogP contribution in [0, 0.1) is 11.3 Å². The highest BCUT2D eigenvalue weighted by Gasteiger charge is 2.08. The number of benzene rings is 3. The summed E-state index contributed by atoms with van der Waals surface area (Å²) in [7, 11) is 0. The number of hydrogen-bond donors (Lipinski definition) is 1. The Hall–Kier alpha value is -4.08. The molecule has 152 valence electrons. The molecule has 0 saturated heterocycles. The van der Waals surface area contributed by atoms with Crippen LogP contribution >= 0.6 is 11.6 Å². The third-order valence-corrected chi connectivity index (χ3v) is 4.78. The van der Waals surface area contributed by atoms with Crippen molar-refractivity contribution in [1.82, 2.24) is 9.78 Å². The van der Waals surface area contributed by atoms with Crippen LogP contribution in [0.25, 0.3) is 5.69 Å². The smallest absolute Gasteiger partial charge is 0.255 e. The summed E-state index contributed by atoms with van der Waals surface area (Å²) < 4.78 is 7.40. The molecule has 1 N–H and O–H groups in total. The van der Waals surface area contributed by atoms with Crippen molar-refractivity contribution in [1.29, 1.82) is 5.26 Å². The second-order valence-electron chi connectivity index (χ2n) is 6.69. The zero-order chi connectivity index (χ0) is 21.6. The number of aromatic nitrogens is 2. The second kappa shape index (κ2) is 9.16. The number of nitrogens with zero attached hydrogens (tertiary/aromatic N) is 3. The number of anilines is 1. The van der Waals surface area contributed by atoms with Crippen molar-refractivity contribution < 1.29 is 9.53 Å². The summed E-state index contributed by atoms with van der Waals surface area (Å²) in [5, 5.41) is 16.7. The van der Waals surface area contributed by atoms with Crippen molar-refractivity contribution >= 4 is 23.2 Å². The summed E-state index contributed by atoms with van der Waals surface area (Å²) in [6, 6.07) is 23.6. The van der Waals surface area contributed by atoms with Gasteiger partial charge in [0, 0.05) is 23.0 Å². The van der Waals surface area contributed by atoms with Gasteiger partial charge in [-0.05, 0) is 54.6 Å². The van der Waals surface area contributed by atoms with E-state index in [2.05, 4.69) is 16.5 Å². The zero-order valence-corrected chi connectivity index (χ0v) is 17.1. The minimum Gasteiger partial charge on any atom is -0.489 e. The highest BCUT2D eigenvalue weighted by atomic mass is 35.5. The van der Waals surface area contributed by atoms with Gasteiger partial charge in [0.1, 0.15) is 12.4 Å². The van der Waals surface area contributed by atoms with E-state index in [0.29, 0.717) is 27.6 Å². The van der Waals surface area contributed by atoms with Crippen molar-refractivity contribution in [2.24, 2.45) is 0 Å². The molecule has 0 fully saturated rings.